The summed E-state index contributed by atoms with van der Waals surface area (Å²) < 4.78 is 20.9. The van der Waals surface area contributed by atoms with Gasteiger partial charge < -0.3 is 24.5 Å². The number of furan rings is 1. The van der Waals surface area contributed by atoms with Gasteiger partial charge >= 0.3 is 4.87 Å². The van der Waals surface area contributed by atoms with E-state index in [1.807, 2.05) is 18.2 Å². The maximum absolute atomic E-state index is 13.0. The average Bonchev–Trinajstić information content (AvgIpc) is 3.77. The van der Waals surface area contributed by atoms with Crippen molar-refractivity contribution in [3.05, 3.63) is 58.4 Å². The summed E-state index contributed by atoms with van der Waals surface area (Å²) in [4.78, 5) is 24.7. The first kappa shape index (κ1) is 27.0. The fourth-order valence-electron chi connectivity index (χ4n) is 5.63. The lowest BCUT2D eigenvalue weighted by molar-refractivity contribution is 0.0322. The smallest absolute Gasteiger partial charge is 0.309 e. The Bertz CT molecular complexity index is 1700. The number of piperazine rings is 1. The minimum absolute atomic E-state index is 0.0448. The molecule has 0 saturated carbocycles. The van der Waals surface area contributed by atoms with Crippen LogP contribution < -0.4 is 20.2 Å². The number of thiazole rings is 1. The molecule has 7 rings (SSSR count). The Balaban J connectivity index is 0.947. The highest BCUT2D eigenvalue weighted by Gasteiger charge is 2.21. The van der Waals surface area contributed by atoms with Gasteiger partial charge in [0, 0.05) is 64.6 Å². The van der Waals surface area contributed by atoms with Crippen molar-refractivity contribution < 1.29 is 13.9 Å². The van der Waals surface area contributed by atoms with Crippen LogP contribution in [0.1, 0.15) is 0 Å². The van der Waals surface area contributed by atoms with Crippen molar-refractivity contribution in [3.63, 3.8) is 0 Å². The number of ether oxygens (including phenoxy) is 2. The molecule has 2 aliphatic rings. The second-order valence-corrected chi connectivity index (χ2v) is 11.5. The highest BCUT2D eigenvalue weighted by atomic mass is 32.1. The second kappa shape index (κ2) is 11.8. The van der Waals surface area contributed by atoms with Crippen molar-refractivity contribution in [2.45, 2.75) is 6.54 Å². The third-order valence-corrected chi connectivity index (χ3v) is 9.01. The fourth-order valence-corrected chi connectivity index (χ4v) is 6.59. The van der Waals surface area contributed by atoms with Crippen molar-refractivity contribution in [2.24, 2.45) is 0 Å². The minimum atomic E-state index is -0.0448. The van der Waals surface area contributed by atoms with Gasteiger partial charge in [0.05, 0.1) is 25.0 Å². The number of rotatable bonds is 9. The van der Waals surface area contributed by atoms with Crippen LogP contribution >= 0.6 is 11.3 Å². The first-order valence-corrected chi connectivity index (χ1v) is 15.2. The number of nitrogens with zero attached hydrogens (tertiary/aromatic N) is 7. The zero-order valence-electron chi connectivity index (χ0n) is 23.4. The Kier molecular flexibility index (Phi) is 7.55. The highest BCUT2D eigenvalue weighted by Crippen LogP contribution is 2.28. The number of nitrogens with two attached hydrogens (primary N) is 1. The lowest BCUT2D eigenvalue weighted by Gasteiger charge is -2.36. The SMILES string of the molecule is Nc1nc2c(sc(=O)n2CCN2CCN(c3ccc(OCCN4CCOCC4)cc3)CC2)c2cc(-c3ccco3)nn12. The lowest BCUT2D eigenvalue weighted by Crippen LogP contribution is -2.47. The molecular weight excluding hydrogens is 556 g/mol. The molecule has 42 heavy (non-hydrogen) atoms. The lowest BCUT2D eigenvalue weighted by atomic mass is 10.2. The molecule has 0 radical (unpaired) electrons. The van der Waals surface area contributed by atoms with Crippen molar-refractivity contribution in [1.29, 1.82) is 0 Å². The van der Waals surface area contributed by atoms with E-state index in [-0.39, 0.29) is 10.8 Å². The van der Waals surface area contributed by atoms with E-state index in [1.165, 1.54) is 17.0 Å². The maximum atomic E-state index is 13.0. The number of aromatic nitrogens is 4. The summed E-state index contributed by atoms with van der Waals surface area (Å²) in [5.74, 6) is 1.78. The molecule has 0 aliphatic carbocycles. The number of nitrogen functional groups attached to an aromatic ring is 1. The summed E-state index contributed by atoms with van der Waals surface area (Å²) in [6, 6.07) is 13.9. The standard InChI is InChI=1S/C29H34N8O4S/c30-28-31-27-26(24-20-23(32-37(24)28)25-2-1-16-41-25)42-29(38)36(27)12-9-33-7-10-35(11-8-33)21-3-5-22(6-4-21)40-19-15-34-13-17-39-18-14-34/h1-6,16,20H,7-15,17-19H2,(H2,30,31). The fraction of sp³-hybridized carbons (Fsp3) is 0.414. The van der Waals surface area contributed by atoms with E-state index in [1.54, 1.807) is 15.3 Å². The molecule has 12 nitrogen and oxygen atoms in total. The molecule has 2 N–H and O–H groups in total. The Morgan fingerprint density at radius 2 is 1.74 bits per heavy atom. The molecule has 6 heterocycles. The Morgan fingerprint density at radius 3 is 2.50 bits per heavy atom. The molecule has 5 aromatic rings. The van der Waals surface area contributed by atoms with Gasteiger partial charge in [-0.2, -0.15) is 14.6 Å². The molecule has 4 aromatic heterocycles. The monoisotopic (exact) mass is 590 g/mol. The van der Waals surface area contributed by atoms with Crippen molar-refractivity contribution in [3.8, 4) is 17.2 Å². The number of hydrogen-bond donors (Lipinski definition) is 1. The first-order chi connectivity index (χ1) is 20.6. The van der Waals surface area contributed by atoms with Gasteiger partial charge in [-0.3, -0.25) is 19.2 Å². The molecule has 0 unspecified atom stereocenters. The molecule has 0 atom stereocenters. The van der Waals surface area contributed by atoms with Crippen molar-refractivity contribution in [2.75, 3.05) is 82.8 Å². The normalized spacial score (nSPS) is 17.0. The van der Waals surface area contributed by atoms with Gasteiger partial charge in [-0.05, 0) is 42.5 Å². The third kappa shape index (κ3) is 5.48. The predicted molar refractivity (Wildman–Crippen MR) is 163 cm³/mol. The van der Waals surface area contributed by atoms with E-state index in [2.05, 4.69) is 49.0 Å². The largest absolute Gasteiger partial charge is 0.492 e. The Morgan fingerprint density at radius 1 is 0.952 bits per heavy atom. The average molecular weight is 591 g/mol. The summed E-state index contributed by atoms with van der Waals surface area (Å²) in [6.07, 6.45) is 1.60. The van der Waals surface area contributed by atoms with Gasteiger partial charge in [0.25, 0.3) is 0 Å². The quantitative estimate of drug-likeness (QED) is 0.274. The zero-order valence-corrected chi connectivity index (χ0v) is 24.2. The number of benzene rings is 1. The molecule has 220 valence electrons. The molecule has 2 aliphatic heterocycles. The van der Waals surface area contributed by atoms with E-state index in [9.17, 15) is 4.79 Å². The van der Waals surface area contributed by atoms with Crippen molar-refractivity contribution >= 4 is 38.8 Å². The van der Waals surface area contributed by atoms with Gasteiger partial charge in [0.1, 0.15) is 22.8 Å². The van der Waals surface area contributed by atoms with Crippen LogP contribution in [0.5, 0.6) is 5.75 Å². The van der Waals surface area contributed by atoms with Gasteiger partial charge in [-0.15, -0.1) is 0 Å². The predicted octanol–water partition coefficient (Wildman–Crippen LogP) is 2.48. The third-order valence-electron chi connectivity index (χ3n) is 8.02. The zero-order chi connectivity index (χ0) is 28.5. The van der Waals surface area contributed by atoms with Gasteiger partial charge in [-0.25, -0.2) is 0 Å². The molecule has 2 fully saturated rings. The number of anilines is 2. The molecule has 2 saturated heterocycles. The molecular formula is C29H34N8O4S. The van der Waals surface area contributed by atoms with E-state index in [0.717, 1.165) is 81.5 Å². The topological polar surface area (TPSA) is 120 Å². The van der Waals surface area contributed by atoms with E-state index >= 15 is 0 Å². The minimum Gasteiger partial charge on any atom is -0.492 e. The van der Waals surface area contributed by atoms with Gasteiger partial charge in [0.15, 0.2) is 11.4 Å². The molecule has 13 heteroatoms. The van der Waals surface area contributed by atoms with Crippen LogP contribution in [0, 0.1) is 0 Å². The first-order valence-electron chi connectivity index (χ1n) is 14.3. The van der Waals surface area contributed by atoms with Crippen molar-refractivity contribution in [1.82, 2.24) is 29.0 Å². The molecule has 1 aromatic carbocycles. The van der Waals surface area contributed by atoms with Crippen LogP contribution in [-0.2, 0) is 11.3 Å². The van der Waals surface area contributed by atoms with Crippen LogP contribution in [0.2, 0.25) is 0 Å². The highest BCUT2D eigenvalue weighted by molar-refractivity contribution is 7.17. The summed E-state index contributed by atoms with van der Waals surface area (Å²) in [5.41, 5.74) is 9.47. The van der Waals surface area contributed by atoms with Gasteiger partial charge in [0.2, 0.25) is 5.95 Å². The van der Waals surface area contributed by atoms with Crippen LogP contribution in [-0.4, -0.2) is 101 Å². The Hall–Kier alpha value is -3.91. The van der Waals surface area contributed by atoms with Crippen LogP contribution in [0.15, 0.2) is 57.9 Å². The number of morpholine rings is 1. The second-order valence-electron chi connectivity index (χ2n) is 10.6. The van der Waals surface area contributed by atoms with E-state index in [0.29, 0.717) is 30.3 Å². The van der Waals surface area contributed by atoms with Gasteiger partial charge in [-0.1, -0.05) is 11.3 Å². The number of fused-ring (bicyclic) bond motifs is 3. The Labute approximate surface area is 246 Å². The summed E-state index contributed by atoms with van der Waals surface area (Å²) in [5, 5.41) is 4.54. The maximum Gasteiger partial charge on any atom is 0.309 e. The van der Waals surface area contributed by atoms with Crippen LogP contribution in [0.25, 0.3) is 27.3 Å². The summed E-state index contributed by atoms with van der Waals surface area (Å²) >= 11 is 1.18. The molecule has 0 spiro atoms. The molecule has 0 amide bonds. The van der Waals surface area contributed by atoms with Crippen LogP contribution in [0.4, 0.5) is 11.6 Å². The number of hydrogen-bond acceptors (Lipinski definition) is 11. The van der Waals surface area contributed by atoms with E-state index < -0.39 is 0 Å². The van der Waals surface area contributed by atoms with E-state index in [4.69, 9.17) is 19.6 Å². The van der Waals surface area contributed by atoms with Crippen LogP contribution in [0.3, 0.4) is 0 Å². The summed E-state index contributed by atoms with van der Waals surface area (Å²) in [6.45, 7) is 10.2. The molecule has 0 bridgehead atoms. The summed E-state index contributed by atoms with van der Waals surface area (Å²) in [7, 11) is 0.